The van der Waals surface area contributed by atoms with Gasteiger partial charge in [0.2, 0.25) is 5.91 Å². The lowest BCUT2D eigenvalue weighted by atomic mass is 10.1. The molecule has 0 N–H and O–H groups in total. The fourth-order valence-corrected chi connectivity index (χ4v) is 2.68. The normalized spacial score (nSPS) is 10.6. The number of rotatable bonds is 13. The van der Waals surface area contributed by atoms with Crippen LogP contribution in [-0.4, -0.2) is 49.7 Å². The van der Waals surface area contributed by atoms with Gasteiger partial charge in [-0.25, -0.2) is 0 Å². The minimum absolute atomic E-state index is 0.0953. The summed E-state index contributed by atoms with van der Waals surface area (Å²) in [4.78, 5) is 25.9. The van der Waals surface area contributed by atoms with E-state index in [1.54, 1.807) is 11.8 Å². The van der Waals surface area contributed by atoms with Crippen LogP contribution in [0.5, 0.6) is 0 Å². The maximum absolute atomic E-state index is 12.6. The Hall–Kier alpha value is -1.88. The van der Waals surface area contributed by atoms with Crippen LogP contribution in [0.1, 0.15) is 50.7 Å². The highest BCUT2D eigenvalue weighted by Gasteiger charge is 2.15. The van der Waals surface area contributed by atoms with Crippen LogP contribution >= 0.6 is 0 Å². The summed E-state index contributed by atoms with van der Waals surface area (Å²) in [6.07, 6.45) is 3.21. The van der Waals surface area contributed by atoms with Crippen LogP contribution in [-0.2, 0) is 25.5 Å². The van der Waals surface area contributed by atoms with Gasteiger partial charge in [0, 0.05) is 32.7 Å². The topological polar surface area (TPSA) is 55.8 Å². The molecule has 26 heavy (non-hydrogen) atoms. The van der Waals surface area contributed by atoms with E-state index < -0.39 is 0 Å². The average molecular weight is 363 g/mol. The standard InChI is InChI=1S/C21H33NO4/c1-4-25-17-7-15-22(16-14-21(24)26-5-2)20(23)9-6-8-19-12-10-18(3)11-13-19/h10-13H,4-9,14-17H2,1-3H3. The van der Waals surface area contributed by atoms with E-state index >= 15 is 0 Å². The molecule has 0 aromatic heterocycles. The molecule has 0 fully saturated rings. The third-order valence-electron chi connectivity index (χ3n) is 4.14. The number of hydrogen-bond donors (Lipinski definition) is 0. The number of benzene rings is 1. The molecule has 5 heteroatoms. The molecule has 0 aliphatic rings. The van der Waals surface area contributed by atoms with Crippen LogP contribution in [0.4, 0.5) is 0 Å². The van der Waals surface area contributed by atoms with Gasteiger partial charge >= 0.3 is 5.97 Å². The summed E-state index contributed by atoms with van der Waals surface area (Å²) in [5, 5.41) is 0. The molecule has 1 aromatic carbocycles. The Morgan fingerprint density at radius 2 is 1.69 bits per heavy atom. The van der Waals surface area contributed by atoms with Crippen LogP contribution < -0.4 is 0 Å². The molecule has 1 aromatic rings. The monoisotopic (exact) mass is 363 g/mol. The van der Waals surface area contributed by atoms with Crippen LogP contribution in [0.2, 0.25) is 0 Å². The molecule has 1 amide bonds. The number of esters is 1. The molecule has 0 saturated carbocycles. The van der Waals surface area contributed by atoms with Gasteiger partial charge in [0.25, 0.3) is 0 Å². The minimum Gasteiger partial charge on any atom is -0.466 e. The van der Waals surface area contributed by atoms with E-state index in [1.807, 2.05) is 6.92 Å². The highest BCUT2D eigenvalue weighted by atomic mass is 16.5. The fraction of sp³-hybridized carbons (Fsp3) is 0.619. The zero-order chi connectivity index (χ0) is 19.2. The van der Waals surface area contributed by atoms with Crippen LogP contribution in [0.3, 0.4) is 0 Å². The van der Waals surface area contributed by atoms with E-state index in [9.17, 15) is 9.59 Å². The molecule has 1 rings (SSSR count). The van der Waals surface area contributed by atoms with Gasteiger partial charge in [-0.3, -0.25) is 9.59 Å². The predicted octanol–water partition coefficient (Wildman–Crippen LogP) is 3.53. The molecule has 0 aliphatic heterocycles. The summed E-state index contributed by atoms with van der Waals surface area (Å²) in [5.74, 6) is -0.160. The highest BCUT2D eigenvalue weighted by molar-refractivity contribution is 5.77. The molecular formula is C21H33NO4. The third kappa shape index (κ3) is 9.56. The molecule has 0 unspecified atom stereocenters. The van der Waals surface area contributed by atoms with Crippen molar-refractivity contribution >= 4 is 11.9 Å². The summed E-state index contributed by atoms with van der Waals surface area (Å²) in [6, 6.07) is 8.41. The Morgan fingerprint density at radius 3 is 2.35 bits per heavy atom. The molecule has 0 heterocycles. The molecule has 0 aliphatic carbocycles. The van der Waals surface area contributed by atoms with Crippen molar-refractivity contribution in [2.75, 3.05) is 32.9 Å². The molecule has 0 atom stereocenters. The number of nitrogens with zero attached hydrogens (tertiary/aromatic N) is 1. The zero-order valence-corrected chi connectivity index (χ0v) is 16.5. The number of carbonyl (C=O) groups is 2. The van der Waals surface area contributed by atoms with E-state index in [-0.39, 0.29) is 18.3 Å². The predicted molar refractivity (Wildman–Crippen MR) is 103 cm³/mol. The van der Waals surface area contributed by atoms with Crippen molar-refractivity contribution in [2.45, 2.75) is 52.9 Å². The lowest BCUT2D eigenvalue weighted by Gasteiger charge is -2.22. The quantitative estimate of drug-likeness (QED) is 0.397. The van der Waals surface area contributed by atoms with E-state index in [4.69, 9.17) is 9.47 Å². The maximum Gasteiger partial charge on any atom is 0.307 e. The van der Waals surface area contributed by atoms with Gasteiger partial charge in [-0.05, 0) is 45.6 Å². The van der Waals surface area contributed by atoms with Crippen molar-refractivity contribution in [3.05, 3.63) is 35.4 Å². The second kappa shape index (κ2) is 13.3. The number of carbonyl (C=O) groups excluding carboxylic acids is 2. The van der Waals surface area contributed by atoms with Gasteiger partial charge in [0.1, 0.15) is 0 Å². The molecule has 146 valence electrons. The fourth-order valence-electron chi connectivity index (χ4n) is 2.68. The molecule has 0 radical (unpaired) electrons. The van der Waals surface area contributed by atoms with Crippen molar-refractivity contribution < 1.29 is 19.1 Å². The lowest BCUT2D eigenvalue weighted by Crippen LogP contribution is -2.34. The van der Waals surface area contributed by atoms with Gasteiger partial charge in [-0.15, -0.1) is 0 Å². The molecule has 0 spiro atoms. The highest BCUT2D eigenvalue weighted by Crippen LogP contribution is 2.09. The first-order valence-corrected chi connectivity index (χ1v) is 9.63. The molecule has 0 saturated heterocycles. The van der Waals surface area contributed by atoms with Crippen molar-refractivity contribution in [3.63, 3.8) is 0 Å². The van der Waals surface area contributed by atoms with E-state index in [1.165, 1.54) is 11.1 Å². The number of hydrogen-bond acceptors (Lipinski definition) is 4. The summed E-state index contributed by atoms with van der Waals surface area (Å²) in [5.41, 5.74) is 2.49. The number of aryl methyl sites for hydroxylation is 2. The zero-order valence-electron chi connectivity index (χ0n) is 16.5. The maximum atomic E-state index is 12.6. The first kappa shape index (κ1) is 22.2. The molecular weight excluding hydrogens is 330 g/mol. The summed E-state index contributed by atoms with van der Waals surface area (Å²) in [7, 11) is 0. The Morgan fingerprint density at radius 1 is 0.962 bits per heavy atom. The van der Waals surface area contributed by atoms with E-state index in [2.05, 4.69) is 31.2 Å². The lowest BCUT2D eigenvalue weighted by molar-refractivity contribution is -0.144. The molecule has 5 nitrogen and oxygen atoms in total. The summed E-state index contributed by atoms with van der Waals surface area (Å²) >= 11 is 0. The first-order valence-electron chi connectivity index (χ1n) is 9.63. The van der Waals surface area contributed by atoms with Crippen molar-refractivity contribution in [2.24, 2.45) is 0 Å². The van der Waals surface area contributed by atoms with Crippen LogP contribution in [0.15, 0.2) is 24.3 Å². The average Bonchev–Trinajstić information content (AvgIpc) is 2.63. The van der Waals surface area contributed by atoms with Crippen LogP contribution in [0.25, 0.3) is 0 Å². The summed E-state index contributed by atoms with van der Waals surface area (Å²) in [6.45, 7) is 8.50. The smallest absolute Gasteiger partial charge is 0.307 e. The van der Waals surface area contributed by atoms with E-state index in [0.717, 1.165) is 19.3 Å². The van der Waals surface area contributed by atoms with Gasteiger partial charge in [0.15, 0.2) is 0 Å². The Bertz CT molecular complexity index is 527. The van der Waals surface area contributed by atoms with Crippen molar-refractivity contribution in [3.8, 4) is 0 Å². The second-order valence-electron chi connectivity index (χ2n) is 6.33. The molecule has 0 bridgehead atoms. The SMILES string of the molecule is CCOCCCN(CCC(=O)OCC)C(=O)CCCc1ccc(C)cc1. The van der Waals surface area contributed by atoms with Crippen molar-refractivity contribution in [1.29, 1.82) is 0 Å². The first-order chi connectivity index (χ1) is 12.6. The summed E-state index contributed by atoms with van der Waals surface area (Å²) < 4.78 is 10.3. The number of ether oxygens (including phenoxy) is 2. The minimum atomic E-state index is -0.255. The largest absolute Gasteiger partial charge is 0.466 e. The Labute approximate surface area is 157 Å². The Kier molecular flexibility index (Phi) is 11.4. The second-order valence-corrected chi connectivity index (χ2v) is 6.33. The third-order valence-corrected chi connectivity index (χ3v) is 4.14. The van der Waals surface area contributed by atoms with E-state index in [0.29, 0.717) is 39.3 Å². The van der Waals surface area contributed by atoms with Gasteiger partial charge in [-0.1, -0.05) is 29.8 Å². The Balaban J connectivity index is 2.44. The number of amides is 1. The van der Waals surface area contributed by atoms with Crippen molar-refractivity contribution in [1.82, 2.24) is 4.90 Å². The van der Waals surface area contributed by atoms with Gasteiger partial charge < -0.3 is 14.4 Å². The van der Waals surface area contributed by atoms with Gasteiger partial charge in [-0.2, -0.15) is 0 Å². The van der Waals surface area contributed by atoms with Gasteiger partial charge in [0.05, 0.1) is 13.0 Å². The van der Waals surface area contributed by atoms with Crippen LogP contribution in [0, 0.1) is 6.92 Å².